The van der Waals surface area contributed by atoms with Gasteiger partial charge in [-0.3, -0.25) is 0 Å². The lowest BCUT2D eigenvalue weighted by molar-refractivity contribution is -0.0766. The van der Waals surface area contributed by atoms with Crippen LogP contribution in [0, 0.1) is 0 Å². The molecule has 1 aliphatic rings. The fraction of sp³-hybridized carbons (Fsp3) is 0.833. The van der Waals surface area contributed by atoms with Gasteiger partial charge in [-0.05, 0) is 25.1 Å². The van der Waals surface area contributed by atoms with Gasteiger partial charge in [0.25, 0.3) is 0 Å². The van der Waals surface area contributed by atoms with E-state index in [1.165, 1.54) is 24.8 Å². The lowest BCUT2D eigenvalue weighted by atomic mass is 10.2. The molecule has 9 heavy (non-hydrogen) atoms. The highest BCUT2D eigenvalue weighted by atomic mass is 32.1. The van der Waals surface area contributed by atoms with Crippen LogP contribution in [0.2, 0.25) is 0 Å². The van der Waals surface area contributed by atoms with Gasteiger partial charge in [0.1, 0.15) is 0 Å². The van der Waals surface area contributed by atoms with Gasteiger partial charge in [-0.1, -0.05) is 6.42 Å². The molecule has 0 spiro atoms. The summed E-state index contributed by atoms with van der Waals surface area (Å²) in [5.74, 6) is 0. The maximum atomic E-state index is 5.01. The van der Waals surface area contributed by atoms with Crippen molar-refractivity contribution in [1.82, 2.24) is 5.06 Å². The molecule has 0 aromatic heterocycles. The average molecular weight is 145 g/mol. The molecule has 0 radical (unpaired) electrons. The monoisotopic (exact) mass is 145 g/mol. The van der Waals surface area contributed by atoms with E-state index >= 15 is 0 Å². The minimum atomic E-state index is 1.03. The first kappa shape index (κ1) is 6.96. The van der Waals surface area contributed by atoms with Gasteiger partial charge < -0.3 is 4.84 Å². The van der Waals surface area contributed by atoms with Crippen molar-refractivity contribution in [3.63, 3.8) is 0 Å². The first-order chi connectivity index (χ1) is 4.43. The lowest BCUT2D eigenvalue weighted by Crippen LogP contribution is -2.28. The van der Waals surface area contributed by atoms with Crippen LogP contribution >= 0.6 is 12.2 Å². The number of nitrogens with zero attached hydrogens (tertiary/aromatic N) is 1. The molecule has 52 valence electrons. The van der Waals surface area contributed by atoms with Gasteiger partial charge in [-0.15, -0.1) is 5.06 Å². The third kappa shape index (κ3) is 2.28. The van der Waals surface area contributed by atoms with Crippen molar-refractivity contribution in [2.75, 3.05) is 13.1 Å². The number of piperidine rings is 1. The van der Waals surface area contributed by atoms with Crippen molar-refractivity contribution in [3.05, 3.63) is 0 Å². The minimum Gasteiger partial charge on any atom is -0.402 e. The summed E-state index contributed by atoms with van der Waals surface area (Å²) in [6.45, 7) is 2.07. The number of hydroxylamine groups is 2. The van der Waals surface area contributed by atoms with Crippen molar-refractivity contribution in [2.24, 2.45) is 0 Å². The smallest absolute Gasteiger partial charge is 0.174 e. The Bertz CT molecular complexity index is 91.1. The largest absolute Gasteiger partial charge is 0.402 e. The maximum Gasteiger partial charge on any atom is 0.174 e. The van der Waals surface area contributed by atoms with E-state index in [4.69, 9.17) is 4.84 Å². The molecule has 1 rings (SSSR count). The fourth-order valence-electron chi connectivity index (χ4n) is 1.03. The zero-order chi connectivity index (χ0) is 6.53. The minimum absolute atomic E-state index is 1.03. The molecule has 1 aliphatic heterocycles. The Morgan fingerprint density at radius 3 is 2.44 bits per heavy atom. The van der Waals surface area contributed by atoms with Gasteiger partial charge in [-0.2, -0.15) is 0 Å². The van der Waals surface area contributed by atoms with E-state index < -0.39 is 0 Å². The van der Waals surface area contributed by atoms with E-state index in [9.17, 15) is 0 Å². The van der Waals surface area contributed by atoms with Gasteiger partial charge >= 0.3 is 0 Å². The van der Waals surface area contributed by atoms with E-state index in [1.807, 2.05) is 5.06 Å². The molecule has 0 bridgehead atoms. The van der Waals surface area contributed by atoms with Crippen LogP contribution in [0.4, 0.5) is 0 Å². The van der Waals surface area contributed by atoms with Crippen molar-refractivity contribution in [2.45, 2.75) is 19.3 Å². The number of hydrogen-bond donors (Lipinski definition) is 0. The van der Waals surface area contributed by atoms with Gasteiger partial charge in [0, 0.05) is 13.1 Å². The normalized spacial score (nSPS) is 21.3. The summed E-state index contributed by atoms with van der Waals surface area (Å²) in [7, 11) is 0. The van der Waals surface area contributed by atoms with Crippen LogP contribution in [0.15, 0.2) is 0 Å². The Kier molecular flexibility index (Phi) is 2.94. The Hall–Kier alpha value is -0.150. The molecule has 0 N–H and O–H groups in total. The van der Waals surface area contributed by atoms with E-state index in [2.05, 4.69) is 12.2 Å². The molecule has 1 heterocycles. The number of hydrogen-bond acceptors (Lipinski definition) is 3. The lowest BCUT2D eigenvalue weighted by Gasteiger charge is -2.23. The summed E-state index contributed by atoms with van der Waals surface area (Å²) in [5, 5.41) is 1.91. The average Bonchev–Trinajstić information content (AvgIpc) is 1.91. The van der Waals surface area contributed by atoms with Crippen molar-refractivity contribution in [1.29, 1.82) is 0 Å². The van der Waals surface area contributed by atoms with E-state index in [1.54, 1.807) is 0 Å². The topological polar surface area (TPSA) is 12.5 Å². The zero-order valence-electron chi connectivity index (χ0n) is 5.38. The molecule has 0 aliphatic carbocycles. The predicted octanol–water partition coefficient (Wildman–Crippen LogP) is 1.36. The van der Waals surface area contributed by atoms with Crippen LogP contribution in [0.3, 0.4) is 0 Å². The molecular formula is C6H11NOS. The molecule has 0 atom stereocenters. The molecule has 1 saturated heterocycles. The van der Waals surface area contributed by atoms with Gasteiger partial charge in [-0.25, -0.2) is 0 Å². The molecule has 0 aromatic rings. The Morgan fingerprint density at radius 1 is 1.22 bits per heavy atom. The zero-order valence-corrected chi connectivity index (χ0v) is 6.19. The Balaban J connectivity index is 2.15. The summed E-state index contributed by atoms with van der Waals surface area (Å²) < 4.78 is 0. The summed E-state index contributed by atoms with van der Waals surface area (Å²) in [6, 6.07) is 0. The maximum absolute atomic E-state index is 5.01. The first-order valence-electron chi connectivity index (χ1n) is 3.29. The first-order valence-corrected chi connectivity index (χ1v) is 3.76. The molecule has 2 nitrogen and oxygen atoms in total. The molecule has 1 fully saturated rings. The van der Waals surface area contributed by atoms with E-state index in [-0.39, 0.29) is 0 Å². The van der Waals surface area contributed by atoms with Crippen LogP contribution in [-0.4, -0.2) is 23.7 Å². The SMILES string of the molecule is S=CON1CCCCC1. The summed E-state index contributed by atoms with van der Waals surface area (Å²) in [6.07, 6.45) is 3.81. The van der Waals surface area contributed by atoms with Crippen LogP contribution in [0.5, 0.6) is 0 Å². The molecule has 0 aromatic carbocycles. The molecule has 0 unspecified atom stereocenters. The summed E-state index contributed by atoms with van der Waals surface area (Å²) in [5.41, 5.74) is 1.32. The molecule has 3 heteroatoms. The van der Waals surface area contributed by atoms with Crippen LogP contribution in [0.1, 0.15) is 19.3 Å². The Morgan fingerprint density at radius 2 is 1.89 bits per heavy atom. The highest BCUT2D eigenvalue weighted by Crippen LogP contribution is 2.07. The quantitative estimate of drug-likeness (QED) is 0.544. The third-order valence-electron chi connectivity index (χ3n) is 1.51. The number of thiocarbonyl (C=S) groups is 1. The fourth-order valence-corrected chi connectivity index (χ4v) is 1.15. The second-order valence-corrected chi connectivity index (χ2v) is 2.38. The van der Waals surface area contributed by atoms with Crippen molar-refractivity contribution in [3.8, 4) is 0 Å². The number of rotatable bonds is 2. The van der Waals surface area contributed by atoms with Crippen LogP contribution in [-0.2, 0) is 4.84 Å². The van der Waals surface area contributed by atoms with Crippen LogP contribution in [0.25, 0.3) is 0 Å². The highest BCUT2D eigenvalue weighted by Gasteiger charge is 2.08. The van der Waals surface area contributed by atoms with Gasteiger partial charge in [0.15, 0.2) is 5.55 Å². The second kappa shape index (κ2) is 3.80. The third-order valence-corrected chi connectivity index (χ3v) is 1.59. The van der Waals surface area contributed by atoms with Gasteiger partial charge in [0.2, 0.25) is 0 Å². The molecular weight excluding hydrogens is 134 g/mol. The van der Waals surface area contributed by atoms with Crippen molar-refractivity contribution < 1.29 is 4.84 Å². The van der Waals surface area contributed by atoms with E-state index in [0.29, 0.717) is 0 Å². The summed E-state index contributed by atoms with van der Waals surface area (Å²) in [4.78, 5) is 5.01. The molecule has 0 amide bonds. The Labute approximate surface area is 60.7 Å². The van der Waals surface area contributed by atoms with Gasteiger partial charge in [0.05, 0.1) is 0 Å². The van der Waals surface area contributed by atoms with Crippen LogP contribution < -0.4 is 0 Å². The van der Waals surface area contributed by atoms with E-state index in [0.717, 1.165) is 13.1 Å². The van der Waals surface area contributed by atoms with Crippen molar-refractivity contribution >= 4 is 17.8 Å². The second-order valence-electron chi connectivity index (χ2n) is 2.19. The molecule has 0 saturated carbocycles. The standard InChI is InChI=1S/C6H11NOS/c9-6-8-7-4-2-1-3-5-7/h6H,1-5H2. The highest BCUT2D eigenvalue weighted by molar-refractivity contribution is 7.78. The summed E-state index contributed by atoms with van der Waals surface area (Å²) >= 11 is 4.54. The predicted molar refractivity (Wildman–Crippen MR) is 40.2 cm³/mol.